The molecule has 0 aromatic carbocycles. The topological polar surface area (TPSA) is 27.7 Å². The van der Waals surface area contributed by atoms with Crippen LogP contribution in [0.3, 0.4) is 0 Å². The summed E-state index contributed by atoms with van der Waals surface area (Å²) in [7, 11) is 6.19. The van der Waals surface area contributed by atoms with Crippen molar-refractivity contribution in [2.75, 3.05) is 54.0 Å². The molecule has 4 nitrogen and oxygen atoms in total. The van der Waals surface area contributed by atoms with Crippen LogP contribution in [0.15, 0.2) is 0 Å². The molecule has 1 rings (SSSR count). The lowest BCUT2D eigenvalue weighted by Gasteiger charge is -2.31. The Kier molecular flexibility index (Phi) is 11.6. The molecule has 0 aliphatic carbocycles. The van der Waals surface area contributed by atoms with E-state index in [-0.39, 0.29) is 0 Å². The maximum atomic E-state index is 5.09. The van der Waals surface area contributed by atoms with E-state index in [0.29, 0.717) is 6.04 Å². The molecule has 19 heavy (non-hydrogen) atoms. The van der Waals surface area contributed by atoms with Gasteiger partial charge in [-0.15, -0.1) is 0 Å². The van der Waals surface area contributed by atoms with Crippen molar-refractivity contribution >= 4 is 0 Å². The summed E-state index contributed by atoms with van der Waals surface area (Å²) in [6.07, 6.45) is 2.52. The van der Waals surface area contributed by atoms with Gasteiger partial charge in [-0.05, 0) is 47.0 Å². The van der Waals surface area contributed by atoms with Crippen LogP contribution in [0.5, 0.6) is 0 Å². The number of likely N-dealkylation sites (N-methyl/N-ethyl adjacent to an activating group) is 2. The second-order valence-corrected chi connectivity index (χ2v) is 5.25. The largest absolute Gasteiger partial charge is 0.383 e. The van der Waals surface area contributed by atoms with Crippen LogP contribution < -0.4 is 5.32 Å². The fraction of sp³-hybridized carbons (Fsp3) is 1.00. The van der Waals surface area contributed by atoms with E-state index < -0.39 is 0 Å². The van der Waals surface area contributed by atoms with Gasteiger partial charge in [0.25, 0.3) is 0 Å². The highest BCUT2D eigenvalue weighted by Crippen LogP contribution is 2.12. The maximum absolute atomic E-state index is 5.09. The molecule has 1 unspecified atom stereocenters. The van der Waals surface area contributed by atoms with E-state index in [1.54, 1.807) is 7.11 Å². The van der Waals surface area contributed by atoms with Gasteiger partial charge in [-0.2, -0.15) is 0 Å². The van der Waals surface area contributed by atoms with Crippen LogP contribution in [-0.2, 0) is 4.74 Å². The van der Waals surface area contributed by atoms with Crippen LogP contribution in [0, 0.1) is 0 Å². The molecule has 1 aliphatic heterocycles. The normalized spacial score (nSPS) is 20.5. The Morgan fingerprint density at radius 1 is 1.26 bits per heavy atom. The van der Waals surface area contributed by atoms with E-state index in [2.05, 4.69) is 36.1 Å². The first-order valence-corrected chi connectivity index (χ1v) is 7.75. The van der Waals surface area contributed by atoms with Crippen molar-refractivity contribution in [3.05, 3.63) is 0 Å². The standard InChI is InChI=1S/C13H29N3O.C2H6/c1-12(6-8-15(2)9-10-17-4)16(3)13-5-7-14-11-13;1-2/h12-14H,5-11H2,1-4H3;1-2H3/t12?,13-;/m1./s1. The molecule has 1 saturated heterocycles. The van der Waals surface area contributed by atoms with Gasteiger partial charge in [-0.25, -0.2) is 0 Å². The van der Waals surface area contributed by atoms with E-state index in [4.69, 9.17) is 4.74 Å². The van der Waals surface area contributed by atoms with Crippen molar-refractivity contribution in [2.24, 2.45) is 0 Å². The van der Waals surface area contributed by atoms with Crippen molar-refractivity contribution in [1.29, 1.82) is 0 Å². The van der Waals surface area contributed by atoms with E-state index >= 15 is 0 Å². The first-order chi connectivity index (χ1) is 9.15. The van der Waals surface area contributed by atoms with Gasteiger partial charge in [0, 0.05) is 32.3 Å². The number of ether oxygens (including phenoxy) is 1. The number of nitrogens with zero attached hydrogens (tertiary/aromatic N) is 2. The van der Waals surface area contributed by atoms with Crippen molar-refractivity contribution in [2.45, 2.75) is 45.7 Å². The molecule has 0 spiro atoms. The van der Waals surface area contributed by atoms with E-state index in [1.165, 1.54) is 19.4 Å². The molecule has 2 atom stereocenters. The van der Waals surface area contributed by atoms with Crippen LogP contribution >= 0.6 is 0 Å². The molecule has 1 aliphatic rings. The number of hydrogen-bond acceptors (Lipinski definition) is 4. The molecular formula is C15H35N3O. The minimum atomic E-state index is 0.657. The molecule has 116 valence electrons. The van der Waals surface area contributed by atoms with Gasteiger partial charge < -0.3 is 15.0 Å². The molecule has 1 fully saturated rings. The first kappa shape index (κ1) is 18.8. The average Bonchev–Trinajstić information content (AvgIpc) is 2.97. The summed E-state index contributed by atoms with van der Waals surface area (Å²) in [5.74, 6) is 0. The number of methoxy groups -OCH3 is 1. The highest BCUT2D eigenvalue weighted by atomic mass is 16.5. The molecule has 0 bridgehead atoms. The van der Waals surface area contributed by atoms with Gasteiger partial charge in [-0.3, -0.25) is 4.90 Å². The lowest BCUT2D eigenvalue weighted by atomic mass is 10.1. The molecule has 0 aromatic heterocycles. The van der Waals surface area contributed by atoms with E-state index in [9.17, 15) is 0 Å². The van der Waals surface area contributed by atoms with E-state index in [0.717, 1.165) is 32.3 Å². The fourth-order valence-corrected chi connectivity index (χ4v) is 2.32. The Balaban J connectivity index is 0.00000154. The molecule has 0 saturated carbocycles. The Hall–Kier alpha value is -0.160. The Bertz CT molecular complexity index is 196. The molecule has 0 radical (unpaired) electrons. The lowest BCUT2D eigenvalue weighted by molar-refractivity contribution is 0.143. The number of hydrogen-bond donors (Lipinski definition) is 1. The third kappa shape index (κ3) is 7.88. The van der Waals surface area contributed by atoms with Crippen LogP contribution in [0.4, 0.5) is 0 Å². The minimum absolute atomic E-state index is 0.657. The summed E-state index contributed by atoms with van der Waals surface area (Å²) >= 11 is 0. The van der Waals surface area contributed by atoms with Gasteiger partial charge in [0.1, 0.15) is 0 Å². The Morgan fingerprint density at radius 3 is 2.47 bits per heavy atom. The van der Waals surface area contributed by atoms with Crippen LogP contribution in [0.2, 0.25) is 0 Å². The average molecular weight is 273 g/mol. The van der Waals surface area contributed by atoms with Crippen molar-refractivity contribution in [3.8, 4) is 0 Å². The molecule has 4 heteroatoms. The third-order valence-electron chi connectivity index (χ3n) is 3.91. The number of nitrogens with one attached hydrogen (secondary N) is 1. The van der Waals surface area contributed by atoms with Gasteiger partial charge in [-0.1, -0.05) is 13.8 Å². The zero-order valence-corrected chi connectivity index (χ0v) is 13.9. The first-order valence-electron chi connectivity index (χ1n) is 7.75. The summed E-state index contributed by atoms with van der Waals surface area (Å²) in [6, 6.07) is 1.39. The maximum Gasteiger partial charge on any atom is 0.0589 e. The van der Waals surface area contributed by atoms with Gasteiger partial charge >= 0.3 is 0 Å². The smallest absolute Gasteiger partial charge is 0.0589 e. The van der Waals surface area contributed by atoms with Crippen molar-refractivity contribution in [1.82, 2.24) is 15.1 Å². The van der Waals surface area contributed by atoms with Gasteiger partial charge in [0.2, 0.25) is 0 Å². The SMILES string of the molecule is CC.COCCN(C)CCC(C)N(C)[C@@H]1CCNC1. The Labute approximate surface area is 120 Å². The zero-order valence-electron chi connectivity index (χ0n) is 13.9. The fourth-order valence-electron chi connectivity index (χ4n) is 2.32. The molecule has 1 heterocycles. The van der Waals surface area contributed by atoms with Gasteiger partial charge in [0.15, 0.2) is 0 Å². The van der Waals surface area contributed by atoms with Crippen molar-refractivity contribution in [3.63, 3.8) is 0 Å². The van der Waals surface area contributed by atoms with E-state index in [1.807, 2.05) is 13.8 Å². The molecular weight excluding hydrogens is 238 g/mol. The van der Waals surface area contributed by atoms with Crippen LogP contribution in [-0.4, -0.2) is 75.9 Å². The molecule has 1 N–H and O–H groups in total. The highest BCUT2D eigenvalue weighted by Gasteiger charge is 2.22. The third-order valence-corrected chi connectivity index (χ3v) is 3.91. The number of rotatable bonds is 8. The second kappa shape index (κ2) is 11.6. The molecule has 0 amide bonds. The minimum Gasteiger partial charge on any atom is -0.383 e. The predicted molar refractivity (Wildman–Crippen MR) is 83.8 cm³/mol. The molecule has 0 aromatic rings. The summed E-state index contributed by atoms with van der Waals surface area (Å²) in [6.45, 7) is 11.7. The Morgan fingerprint density at radius 2 is 1.95 bits per heavy atom. The summed E-state index contributed by atoms with van der Waals surface area (Å²) < 4.78 is 5.09. The van der Waals surface area contributed by atoms with Gasteiger partial charge in [0.05, 0.1) is 6.61 Å². The monoisotopic (exact) mass is 273 g/mol. The lowest BCUT2D eigenvalue weighted by Crippen LogP contribution is -2.41. The van der Waals surface area contributed by atoms with Crippen LogP contribution in [0.25, 0.3) is 0 Å². The summed E-state index contributed by atoms with van der Waals surface area (Å²) in [5, 5.41) is 3.43. The summed E-state index contributed by atoms with van der Waals surface area (Å²) in [5.41, 5.74) is 0. The van der Waals surface area contributed by atoms with Crippen LogP contribution in [0.1, 0.15) is 33.6 Å². The van der Waals surface area contributed by atoms with Crippen molar-refractivity contribution < 1.29 is 4.74 Å². The summed E-state index contributed by atoms with van der Waals surface area (Å²) in [4.78, 5) is 4.88. The predicted octanol–water partition coefficient (Wildman–Crippen LogP) is 1.66. The second-order valence-electron chi connectivity index (χ2n) is 5.25. The zero-order chi connectivity index (χ0) is 14.7. The quantitative estimate of drug-likeness (QED) is 0.728. The highest BCUT2D eigenvalue weighted by molar-refractivity contribution is 4.81.